The van der Waals surface area contributed by atoms with E-state index in [1.54, 1.807) is 11.3 Å². The van der Waals surface area contributed by atoms with Crippen molar-refractivity contribution in [2.75, 3.05) is 6.54 Å². The zero-order valence-electron chi connectivity index (χ0n) is 10.8. The van der Waals surface area contributed by atoms with Gasteiger partial charge in [-0.25, -0.2) is 9.78 Å². The molecule has 5 heteroatoms. The lowest BCUT2D eigenvalue weighted by atomic mass is 10.2. The highest BCUT2D eigenvalue weighted by Gasteiger charge is 2.01. The Balaban J connectivity index is 1.65. The maximum absolute atomic E-state index is 11.6. The Morgan fingerprint density at radius 2 is 2.05 bits per heavy atom. The van der Waals surface area contributed by atoms with Gasteiger partial charge in [0.25, 0.3) is 0 Å². The molecule has 1 aromatic heterocycles. The third-order valence-corrected chi connectivity index (χ3v) is 3.45. The van der Waals surface area contributed by atoms with Crippen molar-refractivity contribution in [3.05, 3.63) is 52.0 Å². The van der Waals surface area contributed by atoms with Crippen LogP contribution in [0.3, 0.4) is 0 Å². The van der Waals surface area contributed by atoms with Crippen molar-refractivity contribution < 1.29 is 4.79 Å². The number of amides is 2. The number of urea groups is 1. The number of thiazole rings is 1. The SMILES string of the molecule is Cc1nc(CCNC(=O)NCc2ccccc2)cs1. The largest absolute Gasteiger partial charge is 0.338 e. The number of nitrogens with one attached hydrogen (secondary N) is 2. The Kier molecular flexibility index (Phi) is 4.92. The van der Waals surface area contributed by atoms with E-state index < -0.39 is 0 Å². The van der Waals surface area contributed by atoms with E-state index in [4.69, 9.17) is 0 Å². The van der Waals surface area contributed by atoms with Crippen LogP contribution >= 0.6 is 11.3 Å². The molecular formula is C14H17N3OS. The number of rotatable bonds is 5. The van der Waals surface area contributed by atoms with E-state index in [1.807, 2.05) is 42.6 Å². The van der Waals surface area contributed by atoms with Crippen molar-refractivity contribution in [2.24, 2.45) is 0 Å². The molecule has 0 saturated heterocycles. The Bertz CT molecular complexity index is 524. The molecule has 0 aliphatic carbocycles. The number of nitrogens with zero attached hydrogens (tertiary/aromatic N) is 1. The first kappa shape index (κ1) is 13.5. The predicted molar refractivity (Wildman–Crippen MR) is 77.2 cm³/mol. The highest BCUT2D eigenvalue weighted by Crippen LogP contribution is 2.07. The van der Waals surface area contributed by atoms with Crippen LogP contribution in [0.5, 0.6) is 0 Å². The van der Waals surface area contributed by atoms with Crippen LogP contribution in [0.15, 0.2) is 35.7 Å². The zero-order chi connectivity index (χ0) is 13.5. The predicted octanol–water partition coefficient (Wildman–Crippen LogP) is 2.49. The Labute approximate surface area is 116 Å². The third-order valence-electron chi connectivity index (χ3n) is 2.63. The number of benzene rings is 1. The normalized spacial score (nSPS) is 10.2. The second-order valence-electron chi connectivity index (χ2n) is 4.20. The number of aromatic nitrogens is 1. The minimum Gasteiger partial charge on any atom is -0.338 e. The average Bonchev–Trinajstić information content (AvgIpc) is 2.83. The summed E-state index contributed by atoms with van der Waals surface area (Å²) in [7, 11) is 0. The fourth-order valence-electron chi connectivity index (χ4n) is 1.67. The number of carbonyl (C=O) groups excluding carboxylic acids is 1. The summed E-state index contributed by atoms with van der Waals surface area (Å²) >= 11 is 1.63. The van der Waals surface area contributed by atoms with Gasteiger partial charge < -0.3 is 10.6 Å². The summed E-state index contributed by atoms with van der Waals surface area (Å²) in [5.41, 5.74) is 2.12. The smallest absolute Gasteiger partial charge is 0.315 e. The number of carbonyl (C=O) groups is 1. The van der Waals surface area contributed by atoms with Gasteiger partial charge in [-0.1, -0.05) is 30.3 Å². The van der Waals surface area contributed by atoms with Crippen LogP contribution < -0.4 is 10.6 Å². The molecule has 4 nitrogen and oxygen atoms in total. The maximum Gasteiger partial charge on any atom is 0.315 e. The lowest BCUT2D eigenvalue weighted by Crippen LogP contribution is -2.36. The van der Waals surface area contributed by atoms with E-state index in [9.17, 15) is 4.79 Å². The molecule has 0 aliphatic heterocycles. The van der Waals surface area contributed by atoms with E-state index >= 15 is 0 Å². The van der Waals surface area contributed by atoms with Crippen molar-refractivity contribution in [3.8, 4) is 0 Å². The van der Waals surface area contributed by atoms with E-state index in [0.29, 0.717) is 13.1 Å². The topological polar surface area (TPSA) is 54.0 Å². The molecule has 0 fully saturated rings. The number of hydrogen-bond acceptors (Lipinski definition) is 3. The highest BCUT2D eigenvalue weighted by molar-refractivity contribution is 7.09. The lowest BCUT2D eigenvalue weighted by Gasteiger charge is -2.06. The monoisotopic (exact) mass is 275 g/mol. The van der Waals surface area contributed by atoms with Gasteiger partial charge in [0.1, 0.15) is 0 Å². The molecule has 2 N–H and O–H groups in total. The molecule has 0 bridgehead atoms. The molecule has 100 valence electrons. The van der Waals surface area contributed by atoms with Crippen LogP contribution in [0.1, 0.15) is 16.3 Å². The Morgan fingerprint density at radius 3 is 2.74 bits per heavy atom. The minimum atomic E-state index is -0.143. The van der Waals surface area contributed by atoms with Crippen molar-refractivity contribution in [3.63, 3.8) is 0 Å². The minimum absolute atomic E-state index is 0.143. The van der Waals surface area contributed by atoms with Crippen LogP contribution in [0.4, 0.5) is 4.79 Å². The van der Waals surface area contributed by atoms with Gasteiger partial charge in [0.2, 0.25) is 0 Å². The first-order valence-corrected chi connectivity index (χ1v) is 7.08. The molecule has 1 aromatic carbocycles. The highest BCUT2D eigenvalue weighted by atomic mass is 32.1. The van der Waals surface area contributed by atoms with Gasteiger partial charge in [0, 0.05) is 24.9 Å². The molecule has 2 aromatic rings. The van der Waals surface area contributed by atoms with Gasteiger partial charge in [-0.3, -0.25) is 0 Å². The first-order valence-electron chi connectivity index (χ1n) is 6.20. The van der Waals surface area contributed by atoms with Crippen molar-refractivity contribution in [2.45, 2.75) is 19.9 Å². The lowest BCUT2D eigenvalue weighted by molar-refractivity contribution is 0.240. The van der Waals surface area contributed by atoms with Gasteiger partial charge in [-0.05, 0) is 12.5 Å². The second-order valence-corrected chi connectivity index (χ2v) is 5.27. The second kappa shape index (κ2) is 6.89. The summed E-state index contributed by atoms with van der Waals surface area (Å²) in [6.07, 6.45) is 0.767. The fourth-order valence-corrected chi connectivity index (χ4v) is 2.31. The van der Waals surface area contributed by atoms with Crippen LogP contribution in [-0.2, 0) is 13.0 Å². The first-order chi connectivity index (χ1) is 9.24. The number of hydrogen-bond donors (Lipinski definition) is 2. The molecule has 2 rings (SSSR count). The summed E-state index contributed by atoms with van der Waals surface area (Å²) in [6, 6.07) is 9.70. The van der Waals surface area contributed by atoms with Crippen molar-refractivity contribution in [1.82, 2.24) is 15.6 Å². The van der Waals surface area contributed by atoms with Crippen LogP contribution in [-0.4, -0.2) is 17.6 Å². The average molecular weight is 275 g/mol. The molecule has 0 radical (unpaired) electrons. The van der Waals surface area contributed by atoms with E-state index in [1.165, 1.54) is 0 Å². The van der Waals surface area contributed by atoms with Gasteiger partial charge >= 0.3 is 6.03 Å². The summed E-state index contributed by atoms with van der Waals surface area (Å²) in [6.45, 7) is 3.13. The molecule has 0 unspecified atom stereocenters. The van der Waals surface area contributed by atoms with Crippen LogP contribution in [0, 0.1) is 6.92 Å². The fraction of sp³-hybridized carbons (Fsp3) is 0.286. The van der Waals surface area contributed by atoms with Crippen molar-refractivity contribution >= 4 is 17.4 Å². The van der Waals surface area contributed by atoms with Crippen molar-refractivity contribution in [1.29, 1.82) is 0 Å². The van der Waals surface area contributed by atoms with Crippen LogP contribution in [0.25, 0.3) is 0 Å². The quantitative estimate of drug-likeness (QED) is 0.881. The molecule has 19 heavy (non-hydrogen) atoms. The summed E-state index contributed by atoms with van der Waals surface area (Å²) in [4.78, 5) is 15.9. The van der Waals surface area contributed by atoms with E-state index in [-0.39, 0.29) is 6.03 Å². The number of aryl methyl sites for hydroxylation is 1. The molecular weight excluding hydrogens is 258 g/mol. The molecule has 2 amide bonds. The summed E-state index contributed by atoms with van der Waals surface area (Å²) in [5, 5.41) is 8.73. The van der Waals surface area contributed by atoms with Gasteiger partial charge in [0.05, 0.1) is 10.7 Å². The van der Waals surface area contributed by atoms with Gasteiger partial charge in [-0.2, -0.15) is 0 Å². The Hall–Kier alpha value is -1.88. The zero-order valence-corrected chi connectivity index (χ0v) is 11.7. The molecule has 0 atom stereocenters. The third kappa shape index (κ3) is 4.71. The van der Waals surface area contributed by atoms with E-state index in [0.717, 1.165) is 22.7 Å². The van der Waals surface area contributed by atoms with E-state index in [2.05, 4.69) is 15.6 Å². The summed E-state index contributed by atoms with van der Waals surface area (Å²) < 4.78 is 0. The van der Waals surface area contributed by atoms with Crippen LogP contribution in [0.2, 0.25) is 0 Å². The molecule has 0 saturated carbocycles. The molecule has 0 aliphatic rings. The Morgan fingerprint density at radius 1 is 1.26 bits per heavy atom. The maximum atomic E-state index is 11.6. The summed E-state index contributed by atoms with van der Waals surface area (Å²) in [5.74, 6) is 0. The van der Waals surface area contributed by atoms with Gasteiger partial charge in [-0.15, -0.1) is 11.3 Å². The molecule has 0 spiro atoms. The van der Waals surface area contributed by atoms with Gasteiger partial charge in [0.15, 0.2) is 0 Å². The molecule has 1 heterocycles. The standard InChI is InChI=1S/C14H17N3OS/c1-11-17-13(10-19-11)7-8-15-14(18)16-9-12-5-3-2-4-6-12/h2-6,10H,7-9H2,1H3,(H2,15,16,18).